The van der Waals surface area contributed by atoms with Crippen LogP contribution >= 0.6 is 23.4 Å². The second-order valence-electron chi connectivity index (χ2n) is 3.28. The van der Waals surface area contributed by atoms with E-state index in [1.54, 1.807) is 18.2 Å². The van der Waals surface area contributed by atoms with Crippen molar-refractivity contribution in [1.82, 2.24) is 0 Å². The molecule has 1 rings (SSSR count). The number of ether oxygens (including phenoxy) is 1. The van der Waals surface area contributed by atoms with Crippen molar-refractivity contribution < 1.29 is 19.4 Å². The third-order valence-electron chi connectivity index (χ3n) is 1.89. The van der Waals surface area contributed by atoms with Gasteiger partial charge in [0, 0.05) is 11.8 Å². The molecular formula is C11H12ClNO4S. The van der Waals surface area contributed by atoms with Gasteiger partial charge in [0.15, 0.2) is 0 Å². The Hall–Kier alpha value is -1.40. The summed E-state index contributed by atoms with van der Waals surface area (Å²) in [7, 11) is 1.48. The molecule has 5 nitrogen and oxygen atoms in total. The molecule has 0 radical (unpaired) electrons. The summed E-state index contributed by atoms with van der Waals surface area (Å²) in [5, 5.41) is 11.5. The number of methoxy groups -OCH3 is 1. The molecule has 0 aromatic heterocycles. The molecular weight excluding hydrogens is 278 g/mol. The number of anilines is 1. The maximum Gasteiger partial charge on any atom is 0.313 e. The van der Waals surface area contributed by atoms with Crippen LogP contribution in [0.3, 0.4) is 0 Å². The first kappa shape index (κ1) is 14.7. The monoisotopic (exact) mass is 289 g/mol. The minimum atomic E-state index is -0.944. The first-order chi connectivity index (χ1) is 8.52. The molecule has 1 amide bonds. The van der Waals surface area contributed by atoms with E-state index in [4.69, 9.17) is 21.4 Å². The number of nitrogens with one attached hydrogen (secondary N) is 1. The van der Waals surface area contributed by atoms with Crippen molar-refractivity contribution in [2.45, 2.75) is 0 Å². The van der Waals surface area contributed by atoms with E-state index >= 15 is 0 Å². The molecule has 0 spiro atoms. The SMILES string of the molecule is COc1cc(NC(=O)CSCC(=O)O)ccc1Cl. The van der Waals surface area contributed by atoms with Crippen LogP contribution in [-0.2, 0) is 9.59 Å². The molecule has 2 N–H and O–H groups in total. The van der Waals surface area contributed by atoms with Crippen LogP contribution < -0.4 is 10.1 Å². The van der Waals surface area contributed by atoms with Gasteiger partial charge in [0.1, 0.15) is 5.75 Å². The zero-order valence-corrected chi connectivity index (χ0v) is 11.2. The Kier molecular flexibility index (Phi) is 5.80. The molecule has 0 aliphatic rings. The van der Waals surface area contributed by atoms with Crippen LogP contribution in [0.4, 0.5) is 5.69 Å². The average Bonchev–Trinajstić information content (AvgIpc) is 2.31. The highest BCUT2D eigenvalue weighted by atomic mass is 35.5. The molecule has 0 atom stereocenters. The van der Waals surface area contributed by atoms with Gasteiger partial charge in [-0.05, 0) is 12.1 Å². The molecule has 0 saturated carbocycles. The lowest BCUT2D eigenvalue weighted by Crippen LogP contribution is -2.15. The van der Waals surface area contributed by atoms with Gasteiger partial charge >= 0.3 is 5.97 Å². The van der Waals surface area contributed by atoms with Gasteiger partial charge in [-0.25, -0.2) is 0 Å². The maximum absolute atomic E-state index is 11.5. The largest absolute Gasteiger partial charge is 0.495 e. The van der Waals surface area contributed by atoms with E-state index in [-0.39, 0.29) is 17.4 Å². The first-order valence-electron chi connectivity index (χ1n) is 4.96. The lowest BCUT2D eigenvalue weighted by atomic mass is 10.3. The van der Waals surface area contributed by atoms with E-state index in [0.29, 0.717) is 16.5 Å². The number of carbonyl (C=O) groups excluding carboxylic acids is 1. The number of aliphatic carboxylic acids is 1. The summed E-state index contributed by atoms with van der Waals surface area (Å²) in [5.41, 5.74) is 0.553. The van der Waals surface area contributed by atoms with Crippen LogP contribution in [0.1, 0.15) is 0 Å². The fourth-order valence-corrected chi connectivity index (χ4v) is 1.89. The average molecular weight is 290 g/mol. The van der Waals surface area contributed by atoms with Crippen molar-refractivity contribution >= 4 is 40.9 Å². The standard InChI is InChI=1S/C11H12ClNO4S/c1-17-9-4-7(2-3-8(9)12)13-10(14)5-18-6-11(15)16/h2-4H,5-6H2,1H3,(H,13,14)(H,15,16). The fourth-order valence-electron chi connectivity index (χ4n) is 1.17. The van der Waals surface area contributed by atoms with E-state index in [1.165, 1.54) is 7.11 Å². The summed E-state index contributed by atoms with van der Waals surface area (Å²) >= 11 is 6.88. The van der Waals surface area contributed by atoms with Crippen molar-refractivity contribution in [2.75, 3.05) is 23.9 Å². The van der Waals surface area contributed by atoms with Gasteiger partial charge in [0.25, 0.3) is 0 Å². The van der Waals surface area contributed by atoms with Gasteiger partial charge in [-0.3, -0.25) is 9.59 Å². The number of halogens is 1. The van der Waals surface area contributed by atoms with Crippen LogP contribution in [0.15, 0.2) is 18.2 Å². The van der Waals surface area contributed by atoms with E-state index in [2.05, 4.69) is 5.32 Å². The number of hydrogen-bond donors (Lipinski definition) is 2. The van der Waals surface area contributed by atoms with Crippen molar-refractivity contribution in [3.63, 3.8) is 0 Å². The molecule has 0 bridgehead atoms. The normalized spacial score (nSPS) is 9.89. The summed E-state index contributed by atoms with van der Waals surface area (Å²) < 4.78 is 5.01. The molecule has 98 valence electrons. The zero-order valence-electron chi connectivity index (χ0n) is 9.60. The third kappa shape index (κ3) is 4.85. The van der Waals surface area contributed by atoms with Gasteiger partial charge in [0.05, 0.1) is 23.6 Å². The topological polar surface area (TPSA) is 75.6 Å². The van der Waals surface area contributed by atoms with Gasteiger partial charge in [-0.15, -0.1) is 11.8 Å². The summed E-state index contributed by atoms with van der Waals surface area (Å²) in [5.74, 6) is -0.770. The molecule has 0 unspecified atom stereocenters. The highest BCUT2D eigenvalue weighted by Crippen LogP contribution is 2.27. The second-order valence-corrected chi connectivity index (χ2v) is 4.68. The van der Waals surface area contributed by atoms with Crippen LogP contribution in [-0.4, -0.2) is 35.6 Å². The Morgan fingerprint density at radius 1 is 1.44 bits per heavy atom. The molecule has 0 aliphatic heterocycles. The number of carboxylic acids is 1. The maximum atomic E-state index is 11.5. The molecule has 0 aliphatic carbocycles. The Morgan fingerprint density at radius 2 is 2.17 bits per heavy atom. The highest BCUT2D eigenvalue weighted by Gasteiger charge is 2.07. The zero-order chi connectivity index (χ0) is 13.5. The molecule has 1 aromatic carbocycles. The number of thioether (sulfide) groups is 1. The lowest BCUT2D eigenvalue weighted by molar-refractivity contribution is -0.133. The lowest BCUT2D eigenvalue weighted by Gasteiger charge is -2.08. The van der Waals surface area contributed by atoms with Gasteiger partial charge < -0.3 is 15.2 Å². The number of benzene rings is 1. The summed E-state index contributed by atoms with van der Waals surface area (Å²) in [6.07, 6.45) is 0. The van der Waals surface area contributed by atoms with Crippen LogP contribution in [0.5, 0.6) is 5.75 Å². The molecule has 1 aromatic rings. The Bertz CT molecular complexity index is 453. The number of hydrogen-bond acceptors (Lipinski definition) is 4. The van der Waals surface area contributed by atoms with Crippen LogP contribution in [0, 0.1) is 0 Å². The van der Waals surface area contributed by atoms with Gasteiger partial charge in [-0.2, -0.15) is 0 Å². The Morgan fingerprint density at radius 3 is 2.78 bits per heavy atom. The van der Waals surface area contributed by atoms with Crippen molar-refractivity contribution in [1.29, 1.82) is 0 Å². The van der Waals surface area contributed by atoms with Gasteiger partial charge in [-0.1, -0.05) is 11.6 Å². The molecule has 18 heavy (non-hydrogen) atoms. The predicted molar refractivity (Wildman–Crippen MR) is 71.6 cm³/mol. The number of amides is 1. The first-order valence-corrected chi connectivity index (χ1v) is 6.49. The van der Waals surface area contributed by atoms with Crippen LogP contribution in [0.2, 0.25) is 5.02 Å². The summed E-state index contributed by atoms with van der Waals surface area (Å²) in [6.45, 7) is 0. The predicted octanol–water partition coefficient (Wildman–Crippen LogP) is 2.10. The van der Waals surface area contributed by atoms with Crippen molar-refractivity contribution in [3.8, 4) is 5.75 Å². The van der Waals surface area contributed by atoms with E-state index in [9.17, 15) is 9.59 Å². The van der Waals surface area contributed by atoms with E-state index in [0.717, 1.165) is 11.8 Å². The summed E-state index contributed by atoms with van der Waals surface area (Å²) in [6, 6.07) is 4.85. The van der Waals surface area contributed by atoms with Gasteiger partial charge in [0.2, 0.25) is 5.91 Å². The fraction of sp³-hybridized carbons (Fsp3) is 0.273. The smallest absolute Gasteiger partial charge is 0.313 e. The quantitative estimate of drug-likeness (QED) is 0.839. The molecule has 0 saturated heterocycles. The van der Waals surface area contributed by atoms with Crippen molar-refractivity contribution in [3.05, 3.63) is 23.2 Å². The molecule has 0 fully saturated rings. The second kappa shape index (κ2) is 7.13. The van der Waals surface area contributed by atoms with E-state index in [1.807, 2.05) is 0 Å². The molecule has 0 heterocycles. The molecule has 7 heteroatoms. The minimum absolute atomic E-state index is 0.0806. The number of carboxylic acid groups (broad SMARTS) is 1. The van der Waals surface area contributed by atoms with E-state index < -0.39 is 5.97 Å². The Labute approximate surface area is 113 Å². The third-order valence-corrected chi connectivity index (χ3v) is 3.12. The summed E-state index contributed by atoms with van der Waals surface area (Å²) in [4.78, 5) is 21.8. The number of rotatable bonds is 6. The van der Waals surface area contributed by atoms with Crippen molar-refractivity contribution in [2.24, 2.45) is 0 Å². The Balaban J connectivity index is 2.51. The highest BCUT2D eigenvalue weighted by molar-refractivity contribution is 8.00. The number of carbonyl (C=O) groups is 2. The minimum Gasteiger partial charge on any atom is -0.495 e. The van der Waals surface area contributed by atoms with Crippen LogP contribution in [0.25, 0.3) is 0 Å².